The maximum atomic E-state index is 13.6. The lowest BCUT2D eigenvalue weighted by Gasteiger charge is -2.40. The molecule has 0 nitrogen and oxygen atoms in total. The Kier molecular flexibility index (Phi) is 8.22. The average molecular weight is 690 g/mol. The molecule has 0 amide bonds. The van der Waals surface area contributed by atoms with E-state index in [-0.39, 0.29) is 0 Å². The number of rotatable bonds is 8. The van der Waals surface area contributed by atoms with Crippen molar-refractivity contribution in [2.75, 3.05) is 0 Å². The SMILES string of the molecule is FC(F)(F)C(F)(F)C(F)(F)C(F)(F)/C=C(\I)C(F)(F)C(F)(F)C(F)(F)C(F)(F)C(F)(F)C(F)(F)F. The third-order valence-corrected chi connectivity index (χ3v) is 4.70. The Hall–Kier alpha value is -1.07. The van der Waals surface area contributed by atoms with Gasteiger partial charge in [-0.2, -0.15) is 96.6 Å². The summed E-state index contributed by atoms with van der Waals surface area (Å²) in [5.74, 6) is -64.3. The highest BCUT2D eigenvalue weighted by Gasteiger charge is 2.91. The average Bonchev–Trinajstić information content (AvgIpc) is 2.58. The van der Waals surface area contributed by atoms with Crippen molar-refractivity contribution in [3.05, 3.63) is 9.66 Å². The van der Waals surface area contributed by atoms with E-state index in [0.29, 0.717) is 0 Å². The van der Waals surface area contributed by atoms with Crippen LogP contribution in [-0.2, 0) is 0 Å². The molecule has 0 heterocycles. The van der Waals surface area contributed by atoms with Gasteiger partial charge >= 0.3 is 59.7 Å². The van der Waals surface area contributed by atoms with Crippen molar-refractivity contribution in [3.8, 4) is 0 Å². The summed E-state index contributed by atoms with van der Waals surface area (Å²) in [7, 11) is 0. The molecule has 0 saturated heterocycles. The zero-order valence-corrected chi connectivity index (χ0v) is 16.9. The second kappa shape index (κ2) is 8.48. The van der Waals surface area contributed by atoms with Gasteiger partial charge in [0.25, 0.3) is 0 Å². The zero-order valence-electron chi connectivity index (χ0n) is 14.8. The summed E-state index contributed by atoms with van der Waals surface area (Å²) in [6.07, 6.45) is -18.1. The Bertz CT molecular complexity index is 809. The van der Waals surface area contributed by atoms with Gasteiger partial charge in [0.1, 0.15) is 0 Å². The lowest BCUT2D eigenvalue weighted by molar-refractivity contribution is -0.436. The van der Waals surface area contributed by atoms with Gasteiger partial charge in [-0.3, -0.25) is 0 Å². The van der Waals surface area contributed by atoms with Crippen molar-refractivity contribution in [1.29, 1.82) is 0 Å². The van der Waals surface area contributed by atoms with Crippen molar-refractivity contribution in [2.24, 2.45) is 0 Å². The van der Waals surface area contributed by atoms with Crippen LogP contribution in [0.1, 0.15) is 0 Å². The Morgan fingerprint density at radius 3 is 0.914 bits per heavy atom. The highest BCUT2D eigenvalue weighted by molar-refractivity contribution is 14.1. The summed E-state index contributed by atoms with van der Waals surface area (Å²) >= 11 is -0.867. The molecular weight excluding hydrogens is 689 g/mol. The first kappa shape index (κ1) is 33.9. The molecule has 0 radical (unpaired) electrons. The molecule has 0 aromatic rings. The molecule has 0 fully saturated rings. The van der Waals surface area contributed by atoms with E-state index in [9.17, 15) is 96.6 Å². The maximum absolute atomic E-state index is 13.6. The molecule has 0 spiro atoms. The predicted octanol–water partition coefficient (Wildman–Crippen LogP) is 8.51. The molecule has 0 aromatic carbocycles. The minimum atomic E-state index is -8.57. The summed E-state index contributed by atoms with van der Waals surface area (Å²) in [5, 5.41) is 0. The van der Waals surface area contributed by atoms with Crippen LogP contribution >= 0.6 is 22.6 Å². The number of allylic oxidation sites excluding steroid dienone is 2. The lowest BCUT2D eigenvalue weighted by Crippen LogP contribution is -2.70. The first-order valence-corrected chi connectivity index (χ1v) is 8.25. The van der Waals surface area contributed by atoms with Crippen LogP contribution in [0.25, 0.3) is 0 Å². The number of hydrogen-bond acceptors (Lipinski definition) is 0. The van der Waals surface area contributed by atoms with Crippen molar-refractivity contribution < 1.29 is 96.6 Å². The fourth-order valence-corrected chi connectivity index (χ4v) is 2.38. The second-order valence-corrected chi connectivity index (χ2v) is 7.29. The summed E-state index contributed by atoms with van der Waals surface area (Å²) < 4.78 is 278. The van der Waals surface area contributed by atoms with Crippen molar-refractivity contribution >= 4 is 22.6 Å². The van der Waals surface area contributed by atoms with E-state index in [2.05, 4.69) is 0 Å². The molecule has 0 bridgehead atoms. The standard InChI is InChI=1S/C12HF22I/c13-3(14,5(17,18)9(25,26)11(29,30)31)1-2(35)4(15,16)6(19,20)7(21,22)8(23,24)10(27,28)12(32,33)34/h1H/b2-1-. The van der Waals surface area contributed by atoms with Gasteiger partial charge in [-0.25, -0.2) is 0 Å². The molecule has 23 heteroatoms. The third-order valence-electron chi connectivity index (χ3n) is 3.71. The molecule has 0 aliphatic carbocycles. The van der Waals surface area contributed by atoms with E-state index < -0.39 is 92.0 Å². The van der Waals surface area contributed by atoms with E-state index in [1.54, 1.807) is 0 Å². The van der Waals surface area contributed by atoms with Gasteiger partial charge in [0.2, 0.25) is 0 Å². The zero-order chi connectivity index (χ0) is 29.3. The van der Waals surface area contributed by atoms with Gasteiger partial charge in [-0.1, -0.05) is 0 Å². The van der Waals surface area contributed by atoms with Gasteiger partial charge in [-0.05, 0) is 22.6 Å². The van der Waals surface area contributed by atoms with Crippen LogP contribution in [0, 0.1) is 0 Å². The molecule has 0 unspecified atom stereocenters. The second-order valence-electron chi connectivity index (χ2n) is 6.13. The molecule has 210 valence electrons. The summed E-state index contributed by atoms with van der Waals surface area (Å²) in [6.45, 7) is 0. The summed E-state index contributed by atoms with van der Waals surface area (Å²) in [4.78, 5) is 0. The molecule has 35 heavy (non-hydrogen) atoms. The van der Waals surface area contributed by atoms with Gasteiger partial charge in [0, 0.05) is 6.08 Å². The Morgan fingerprint density at radius 2 is 0.629 bits per heavy atom. The van der Waals surface area contributed by atoms with E-state index >= 15 is 0 Å². The fourth-order valence-electron chi connectivity index (χ4n) is 1.65. The highest BCUT2D eigenvalue weighted by atomic mass is 127. The van der Waals surface area contributed by atoms with E-state index in [0.717, 1.165) is 0 Å². The van der Waals surface area contributed by atoms with Crippen LogP contribution in [0.2, 0.25) is 0 Å². The van der Waals surface area contributed by atoms with Gasteiger partial charge in [-0.15, -0.1) is 0 Å². The van der Waals surface area contributed by atoms with Crippen molar-refractivity contribution in [2.45, 2.75) is 59.7 Å². The topological polar surface area (TPSA) is 0 Å². The summed E-state index contributed by atoms with van der Waals surface area (Å²) in [5.41, 5.74) is 0. The third kappa shape index (κ3) is 4.69. The number of halogens is 23. The quantitative estimate of drug-likeness (QED) is 0.177. The molecule has 0 aliphatic rings. The molecule has 0 aromatic heterocycles. The predicted molar refractivity (Wildman–Crippen MR) is 73.8 cm³/mol. The monoisotopic (exact) mass is 690 g/mol. The number of alkyl halides is 22. The smallest absolute Gasteiger partial charge is 0.195 e. The minimum absolute atomic E-state index is 0.867. The van der Waals surface area contributed by atoms with Crippen LogP contribution in [0.5, 0.6) is 0 Å². The summed E-state index contributed by atoms with van der Waals surface area (Å²) in [6, 6.07) is 0. The normalized spacial score (nSPS) is 17.2. The largest absolute Gasteiger partial charge is 0.460 e. The Balaban J connectivity index is 6.86. The first-order valence-electron chi connectivity index (χ1n) is 7.17. The molecule has 0 atom stereocenters. The van der Waals surface area contributed by atoms with E-state index in [4.69, 9.17) is 0 Å². The Morgan fingerprint density at radius 1 is 0.371 bits per heavy atom. The Labute approximate surface area is 189 Å². The van der Waals surface area contributed by atoms with E-state index in [1.807, 2.05) is 0 Å². The molecule has 0 saturated carbocycles. The molecular formula is C12HF22I. The van der Waals surface area contributed by atoms with Crippen molar-refractivity contribution in [1.82, 2.24) is 0 Å². The lowest BCUT2D eigenvalue weighted by atomic mass is 9.93. The highest BCUT2D eigenvalue weighted by Crippen LogP contribution is 2.62. The van der Waals surface area contributed by atoms with Crippen LogP contribution in [-0.4, -0.2) is 59.7 Å². The van der Waals surface area contributed by atoms with Crippen LogP contribution in [0.15, 0.2) is 9.66 Å². The maximum Gasteiger partial charge on any atom is 0.460 e. The minimum Gasteiger partial charge on any atom is -0.195 e. The van der Waals surface area contributed by atoms with Gasteiger partial charge in [0.05, 0.1) is 3.58 Å². The first-order chi connectivity index (χ1) is 14.6. The van der Waals surface area contributed by atoms with Gasteiger partial charge in [0.15, 0.2) is 0 Å². The van der Waals surface area contributed by atoms with Crippen LogP contribution in [0.3, 0.4) is 0 Å². The van der Waals surface area contributed by atoms with Crippen molar-refractivity contribution in [3.63, 3.8) is 0 Å². The van der Waals surface area contributed by atoms with Crippen LogP contribution in [0.4, 0.5) is 96.6 Å². The molecule has 0 rings (SSSR count). The molecule has 0 N–H and O–H groups in total. The fraction of sp³-hybridized carbons (Fsp3) is 0.833. The van der Waals surface area contributed by atoms with Gasteiger partial charge < -0.3 is 0 Å². The van der Waals surface area contributed by atoms with Crippen LogP contribution < -0.4 is 0 Å². The molecule has 0 aliphatic heterocycles. The number of hydrogen-bond donors (Lipinski definition) is 0. The van der Waals surface area contributed by atoms with E-state index in [1.165, 1.54) is 0 Å².